The van der Waals surface area contributed by atoms with Crippen molar-refractivity contribution in [2.75, 3.05) is 0 Å². The quantitative estimate of drug-likeness (QED) is 0.841. The molecule has 0 aliphatic carbocycles. The van der Waals surface area contributed by atoms with Crippen LogP contribution in [0.15, 0.2) is 28.8 Å². The Morgan fingerprint density at radius 1 is 1.19 bits per heavy atom. The predicted molar refractivity (Wildman–Crippen MR) is 62.0 cm³/mol. The second kappa shape index (κ2) is 4.10. The maximum absolute atomic E-state index is 9.35. The molecule has 0 saturated heterocycles. The molecule has 2 aromatic rings. The fourth-order valence-electron chi connectivity index (χ4n) is 1.52. The molecule has 0 bridgehead atoms. The molecule has 0 aliphatic heterocycles. The minimum atomic E-state index is -0.618. The van der Waals surface area contributed by atoms with Gasteiger partial charge in [-0.2, -0.15) is 0 Å². The van der Waals surface area contributed by atoms with Crippen LogP contribution in [-0.2, 0) is 0 Å². The van der Waals surface area contributed by atoms with Crippen molar-refractivity contribution in [1.29, 1.82) is 0 Å². The molecule has 84 valence electrons. The second-order valence-corrected chi connectivity index (χ2v) is 4.09. The highest BCUT2D eigenvalue weighted by molar-refractivity contribution is 5.60. The van der Waals surface area contributed by atoms with Crippen molar-refractivity contribution in [3.8, 4) is 11.3 Å². The van der Waals surface area contributed by atoms with Gasteiger partial charge in [0.1, 0.15) is 11.8 Å². The molecule has 0 amide bonds. The van der Waals surface area contributed by atoms with Crippen molar-refractivity contribution in [2.45, 2.75) is 26.9 Å². The Morgan fingerprint density at radius 3 is 2.50 bits per heavy atom. The average molecular weight is 217 g/mol. The Balaban J connectivity index is 2.39. The number of aromatic nitrogens is 1. The molecule has 2 rings (SSSR count). The van der Waals surface area contributed by atoms with Crippen LogP contribution in [0.3, 0.4) is 0 Å². The van der Waals surface area contributed by atoms with Crippen LogP contribution in [0.4, 0.5) is 0 Å². The van der Waals surface area contributed by atoms with E-state index >= 15 is 0 Å². The number of benzene rings is 1. The monoisotopic (exact) mass is 217 g/mol. The van der Waals surface area contributed by atoms with Crippen molar-refractivity contribution in [3.63, 3.8) is 0 Å². The number of aryl methyl sites for hydroxylation is 2. The lowest BCUT2D eigenvalue weighted by atomic mass is 10.0. The largest absolute Gasteiger partial charge is 0.385 e. The summed E-state index contributed by atoms with van der Waals surface area (Å²) in [5.41, 5.74) is 4.25. The summed E-state index contributed by atoms with van der Waals surface area (Å²) in [7, 11) is 0. The van der Waals surface area contributed by atoms with Crippen molar-refractivity contribution < 1.29 is 9.63 Å². The van der Waals surface area contributed by atoms with E-state index in [9.17, 15) is 5.11 Å². The fraction of sp³-hybridized carbons (Fsp3) is 0.308. The SMILES string of the molecule is Cc1ccc(-c2cc([C@@H](C)O)on2)cc1C. The lowest BCUT2D eigenvalue weighted by Crippen LogP contribution is -1.86. The fourth-order valence-corrected chi connectivity index (χ4v) is 1.52. The second-order valence-electron chi connectivity index (χ2n) is 4.09. The van der Waals surface area contributed by atoms with Gasteiger partial charge in [-0.25, -0.2) is 0 Å². The molecule has 16 heavy (non-hydrogen) atoms. The third-order valence-corrected chi connectivity index (χ3v) is 2.74. The van der Waals surface area contributed by atoms with Gasteiger partial charge in [-0.15, -0.1) is 0 Å². The summed E-state index contributed by atoms with van der Waals surface area (Å²) in [5, 5.41) is 13.3. The predicted octanol–water partition coefficient (Wildman–Crippen LogP) is 3.01. The smallest absolute Gasteiger partial charge is 0.165 e. The highest BCUT2D eigenvalue weighted by Crippen LogP contribution is 2.24. The Labute approximate surface area is 94.7 Å². The van der Waals surface area contributed by atoms with Gasteiger partial charge in [-0.1, -0.05) is 17.3 Å². The Bertz CT molecular complexity index is 500. The first-order valence-electron chi connectivity index (χ1n) is 5.30. The highest BCUT2D eigenvalue weighted by Gasteiger charge is 2.10. The van der Waals surface area contributed by atoms with Crippen LogP contribution in [0.2, 0.25) is 0 Å². The number of nitrogens with zero attached hydrogens (tertiary/aromatic N) is 1. The average Bonchev–Trinajstić information content (AvgIpc) is 2.71. The van der Waals surface area contributed by atoms with E-state index in [2.05, 4.69) is 31.1 Å². The van der Waals surface area contributed by atoms with Crippen LogP contribution >= 0.6 is 0 Å². The summed E-state index contributed by atoms with van der Waals surface area (Å²) in [6.45, 7) is 5.79. The maximum Gasteiger partial charge on any atom is 0.165 e. The van der Waals surface area contributed by atoms with E-state index in [1.165, 1.54) is 11.1 Å². The number of aliphatic hydroxyl groups is 1. The molecule has 0 unspecified atom stereocenters. The van der Waals surface area contributed by atoms with E-state index in [1.807, 2.05) is 6.07 Å². The van der Waals surface area contributed by atoms with Crippen molar-refractivity contribution >= 4 is 0 Å². The van der Waals surface area contributed by atoms with E-state index in [0.717, 1.165) is 11.3 Å². The lowest BCUT2D eigenvalue weighted by Gasteiger charge is -2.01. The molecule has 1 aromatic carbocycles. The Hall–Kier alpha value is -1.61. The molecule has 1 heterocycles. The summed E-state index contributed by atoms with van der Waals surface area (Å²) >= 11 is 0. The van der Waals surface area contributed by atoms with Gasteiger partial charge < -0.3 is 9.63 Å². The van der Waals surface area contributed by atoms with Gasteiger partial charge in [0.2, 0.25) is 0 Å². The van der Waals surface area contributed by atoms with Crippen molar-refractivity contribution in [2.24, 2.45) is 0 Å². The number of hydrogen-bond donors (Lipinski definition) is 1. The third kappa shape index (κ3) is 1.99. The summed E-state index contributed by atoms with van der Waals surface area (Å²) in [6, 6.07) is 7.90. The molecular formula is C13H15NO2. The normalized spacial score (nSPS) is 12.8. The van der Waals surface area contributed by atoms with Gasteiger partial charge in [-0.05, 0) is 38.0 Å². The van der Waals surface area contributed by atoms with Crippen molar-refractivity contribution in [1.82, 2.24) is 5.16 Å². The van der Waals surface area contributed by atoms with Gasteiger partial charge in [-0.3, -0.25) is 0 Å². The number of aliphatic hydroxyl groups excluding tert-OH is 1. The van der Waals surface area contributed by atoms with E-state index in [-0.39, 0.29) is 0 Å². The van der Waals surface area contributed by atoms with Gasteiger partial charge in [0.15, 0.2) is 5.76 Å². The van der Waals surface area contributed by atoms with Crippen LogP contribution in [0.5, 0.6) is 0 Å². The first-order valence-corrected chi connectivity index (χ1v) is 5.30. The number of hydrogen-bond acceptors (Lipinski definition) is 3. The van der Waals surface area contributed by atoms with Gasteiger partial charge in [0.25, 0.3) is 0 Å². The van der Waals surface area contributed by atoms with Gasteiger partial charge in [0.05, 0.1) is 0 Å². The molecule has 0 spiro atoms. The molecular weight excluding hydrogens is 202 g/mol. The minimum Gasteiger partial charge on any atom is -0.385 e. The zero-order valence-corrected chi connectivity index (χ0v) is 9.69. The standard InChI is InChI=1S/C13H15NO2/c1-8-4-5-11(6-9(8)2)12-7-13(10(3)15)16-14-12/h4-7,10,15H,1-3H3/t10-/m1/s1. The highest BCUT2D eigenvalue weighted by atomic mass is 16.5. The minimum absolute atomic E-state index is 0.494. The van der Waals surface area contributed by atoms with E-state index in [4.69, 9.17) is 4.52 Å². The molecule has 0 fully saturated rings. The molecule has 1 N–H and O–H groups in total. The van der Waals surface area contributed by atoms with E-state index in [0.29, 0.717) is 5.76 Å². The Kier molecular flexibility index (Phi) is 2.79. The summed E-state index contributed by atoms with van der Waals surface area (Å²) in [5.74, 6) is 0.494. The summed E-state index contributed by atoms with van der Waals surface area (Å²) in [6.07, 6.45) is -0.618. The van der Waals surface area contributed by atoms with Crippen LogP contribution in [-0.4, -0.2) is 10.3 Å². The zero-order valence-electron chi connectivity index (χ0n) is 9.69. The molecule has 0 saturated carbocycles. The topological polar surface area (TPSA) is 46.3 Å². The summed E-state index contributed by atoms with van der Waals surface area (Å²) < 4.78 is 5.05. The molecule has 1 aromatic heterocycles. The van der Waals surface area contributed by atoms with Crippen LogP contribution in [0, 0.1) is 13.8 Å². The Morgan fingerprint density at radius 2 is 1.94 bits per heavy atom. The first kappa shape index (κ1) is 10.9. The van der Waals surface area contributed by atoms with E-state index < -0.39 is 6.10 Å². The third-order valence-electron chi connectivity index (χ3n) is 2.74. The molecule has 0 aliphatic rings. The molecule has 3 heteroatoms. The van der Waals surface area contributed by atoms with Crippen LogP contribution in [0.25, 0.3) is 11.3 Å². The number of rotatable bonds is 2. The first-order chi connectivity index (χ1) is 7.58. The van der Waals surface area contributed by atoms with Gasteiger partial charge >= 0.3 is 0 Å². The van der Waals surface area contributed by atoms with E-state index in [1.54, 1.807) is 13.0 Å². The van der Waals surface area contributed by atoms with Gasteiger partial charge in [0, 0.05) is 11.6 Å². The van der Waals surface area contributed by atoms with Crippen LogP contribution < -0.4 is 0 Å². The molecule has 0 radical (unpaired) electrons. The zero-order chi connectivity index (χ0) is 11.7. The molecule has 1 atom stereocenters. The molecule has 3 nitrogen and oxygen atoms in total. The lowest BCUT2D eigenvalue weighted by molar-refractivity contribution is 0.158. The summed E-state index contributed by atoms with van der Waals surface area (Å²) in [4.78, 5) is 0. The van der Waals surface area contributed by atoms with Crippen LogP contribution in [0.1, 0.15) is 29.9 Å². The van der Waals surface area contributed by atoms with Crippen molar-refractivity contribution in [3.05, 3.63) is 41.2 Å². The maximum atomic E-state index is 9.35.